The Balaban J connectivity index is 1.25. The third-order valence-corrected chi connectivity index (χ3v) is 8.36. The second-order valence-corrected chi connectivity index (χ2v) is 11.2. The zero-order chi connectivity index (χ0) is 20.3. The molecule has 4 rings (SSSR count). The van der Waals surface area contributed by atoms with Crippen LogP contribution in [0.4, 0.5) is 0 Å². The van der Waals surface area contributed by atoms with Gasteiger partial charge in [-0.3, -0.25) is 4.90 Å². The lowest BCUT2D eigenvalue weighted by molar-refractivity contribution is -0.0187. The lowest BCUT2D eigenvalue weighted by atomic mass is 10.1. The highest BCUT2D eigenvalue weighted by Gasteiger charge is 2.29. The molecule has 2 aliphatic rings. The normalized spacial score (nSPS) is 24.7. The number of hydrogen-bond acceptors (Lipinski definition) is 8. The lowest BCUT2D eigenvalue weighted by Crippen LogP contribution is -2.43. The first-order valence-electron chi connectivity index (χ1n) is 9.70. The molecular formula is C19H24ClN3O4S2. The van der Waals surface area contributed by atoms with Gasteiger partial charge in [0.1, 0.15) is 0 Å². The van der Waals surface area contributed by atoms with Crippen molar-refractivity contribution in [1.82, 2.24) is 15.1 Å². The summed E-state index contributed by atoms with van der Waals surface area (Å²) in [5, 5.41) is 9.46. The van der Waals surface area contributed by atoms with Gasteiger partial charge in [0.15, 0.2) is 9.84 Å². The van der Waals surface area contributed by atoms with Crippen LogP contribution in [-0.4, -0.2) is 66.6 Å². The summed E-state index contributed by atoms with van der Waals surface area (Å²) in [5.41, 5.74) is 1.12. The van der Waals surface area contributed by atoms with E-state index in [-0.39, 0.29) is 23.5 Å². The Kier molecular flexibility index (Phi) is 6.80. The van der Waals surface area contributed by atoms with Crippen LogP contribution in [0.1, 0.15) is 17.9 Å². The molecule has 1 aromatic heterocycles. The molecule has 10 heteroatoms. The number of nitrogens with zero attached hydrogens (tertiary/aromatic N) is 3. The zero-order valence-electron chi connectivity index (χ0n) is 16.0. The summed E-state index contributed by atoms with van der Waals surface area (Å²) in [6.07, 6.45) is 1.27. The van der Waals surface area contributed by atoms with E-state index in [0.717, 1.165) is 36.0 Å². The van der Waals surface area contributed by atoms with Crippen LogP contribution in [0, 0.1) is 5.92 Å². The Morgan fingerprint density at radius 3 is 2.93 bits per heavy atom. The number of aromatic nitrogens is 2. The summed E-state index contributed by atoms with van der Waals surface area (Å²) < 4.78 is 34.7. The van der Waals surface area contributed by atoms with Gasteiger partial charge in [0.05, 0.1) is 24.2 Å². The van der Waals surface area contributed by atoms with Crippen molar-refractivity contribution in [1.29, 1.82) is 0 Å². The van der Waals surface area contributed by atoms with Gasteiger partial charge in [-0.1, -0.05) is 41.6 Å². The SMILES string of the molecule is O=S1(=O)CCC(Cc2nnc(SCC3CN(Cc4ccccc4Cl)CCO3)o2)C1. The Morgan fingerprint density at radius 1 is 1.28 bits per heavy atom. The van der Waals surface area contributed by atoms with Crippen LogP contribution in [0.15, 0.2) is 33.9 Å². The van der Waals surface area contributed by atoms with Crippen LogP contribution in [-0.2, 0) is 27.5 Å². The van der Waals surface area contributed by atoms with Gasteiger partial charge < -0.3 is 9.15 Å². The molecule has 0 radical (unpaired) electrons. The third kappa shape index (κ3) is 5.95. The van der Waals surface area contributed by atoms with Crippen molar-refractivity contribution >= 4 is 33.2 Å². The van der Waals surface area contributed by atoms with Gasteiger partial charge in [-0.15, -0.1) is 10.2 Å². The maximum absolute atomic E-state index is 11.6. The molecule has 0 bridgehead atoms. The predicted molar refractivity (Wildman–Crippen MR) is 112 cm³/mol. The van der Waals surface area contributed by atoms with E-state index in [0.29, 0.717) is 30.6 Å². The van der Waals surface area contributed by atoms with E-state index in [1.165, 1.54) is 11.8 Å². The minimum atomic E-state index is -2.89. The molecule has 0 spiro atoms. The van der Waals surface area contributed by atoms with E-state index in [2.05, 4.69) is 21.2 Å². The molecule has 3 heterocycles. The number of benzene rings is 1. The highest BCUT2D eigenvalue weighted by atomic mass is 35.5. The van der Waals surface area contributed by atoms with Crippen molar-refractivity contribution in [3.63, 3.8) is 0 Å². The highest BCUT2D eigenvalue weighted by Crippen LogP contribution is 2.25. The summed E-state index contributed by atoms with van der Waals surface area (Å²) in [5.74, 6) is 1.79. The first-order valence-corrected chi connectivity index (χ1v) is 12.9. The van der Waals surface area contributed by atoms with Gasteiger partial charge in [-0.05, 0) is 24.0 Å². The van der Waals surface area contributed by atoms with Gasteiger partial charge in [0, 0.05) is 36.8 Å². The summed E-state index contributed by atoms with van der Waals surface area (Å²) in [6.45, 7) is 3.18. The fourth-order valence-corrected chi connectivity index (χ4v) is 6.56. The number of morpholine rings is 1. The number of thioether (sulfide) groups is 1. The summed E-state index contributed by atoms with van der Waals surface area (Å²) in [4.78, 5) is 2.34. The smallest absolute Gasteiger partial charge is 0.276 e. The van der Waals surface area contributed by atoms with Crippen molar-refractivity contribution in [3.05, 3.63) is 40.7 Å². The average molecular weight is 458 g/mol. The van der Waals surface area contributed by atoms with Crippen LogP contribution in [0.5, 0.6) is 0 Å². The first kappa shape index (κ1) is 21.1. The molecule has 2 unspecified atom stereocenters. The molecule has 0 N–H and O–H groups in total. The van der Waals surface area contributed by atoms with E-state index < -0.39 is 9.84 Å². The number of hydrogen-bond donors (Lipinski definition) is 0. The molecule has 0 amide bonds. The second-order valence-electron chi connectivity index (χ2n) is 7.57. The van der Waals surface area contributed by atoms with Gasteiger partial charge in [-0.2, -0.15) is 0 Å². The Hall–Kier alpha value is -1.13. The van der Waals surface area contributed by atoms with E-state index in [1.807, 2.05) is 18.2 Å². The molecule has 2 saturated heterocycles. The monoisotopic (exact) mass is 457 g/mol. The zero-order valence-corrected chi connectivity index (χ0v) is 18.4. The summed E-state index contributed by atoms with van der Waals surface area (Å²) in [7, 11) is -2.89. The van der Waals surface area contributed by atoms with E-state index in [4.69, 9.17) is 20.8 Å². The van der Waals surface area contributed by atoms with Crippen LogP contribution in [0.25, 0.3) is 0 Å². The molecule has 0 aliphatic carbocycles. The molecule has 7 nitrogen and oxygen atoms in total. The second kappa shape index (κ2) is 9.34. The number of sulfone groups is 1. The molecule has 1 aromatic carbocycles. The Labute approximate surface area is 180 Å². The largest absolute Gasteiger partial charge is 0.416 e. The lowest BCUT2D eigenvalue weighted by Gasteiger charge is -2.32. The first-order chi connectivity index (χ1) is 14.0. The highest BCUT2D eigenvalue weighted by molar-refractivity contribution is 7.99. The quantitative estimate of drug-likeness (QED) is 0.586. The van der Waals surface area contributed by atoms with Crippen molar-refractivity contribution in [2.24, 2.45) is 5.92 Å². The van der Waals surface area contributed by atoms with Gasteiger partial charge in [0.25, 0.3) is 5.22 Å². The van der Waals surface area contributed by atoms with Gasteiger partial charge in [0.2, 0.25) is 5.89 Å². The van der Waals surface area contributed by atoms with Crippen LogP contribution in [0.3, 0.4) is 0 Å². The van der Waals surface area contributed by atoms with Gasteiger partial charge >= 0.3 is 0 Å². The van der Waals surface area contributed by atoms with E-state index in [1.54, 1.807) is 0 Å². The molecule has 158 valence electrons. The Bertz CT molecular complexity index is 937. The van der Waals surface area contributed by atoms with Crippen molar-refractivity contribution in [2.75, 3.05) is 37.0 Å². The number of rotatable bonds is 7. The summed E-state index contributed by atoms with van der Waals surface area (Å²) >= 11 is 7.76. The molecule has 2 aromatic rings. The van der Waals surface area contributed by atoms with Gasteiger partial charge in [-0.25, -0.2) is 8.42 Å². The molecule has 0 saturated carbocycles. The minimum Gasteiger partial charge on any atom is -0.416 e. The van der Waals surface area contributed by atoms with Crippen LogP contribution < -0.4 is 0 Å². The number of halogens is 1. The average Bonchev–Trinajstić information content (AvgIpc) is 3.28. The van der Waals surface area contributed by atoms with Crippen molar-refractivity contribution in [3.8, 4) is 0 Å². The molecular weight excluding hydrogens is 434 g/mol. The van der Waals surface area contributed by atoms with Crippen molar-refractivity contribution in [2.45, 2.75) is 30.7 Å². The fourth-order valence-electron chi connectivity index (χ4n) is 3.72. The van der Waals surface area contributed by atoms with Crippen LogP contribution >= 0.6 is 23.4 Å². The summed E-state index contributed by atoms with van der Waals surface area (Å²) in [6, 6.07) is 7.91. The van der Waals surface area contributed by atoms with Crippen LogP contribution in [0.2, 0.25) is 5.02 Å². The predicted octanol–water partition coefficient (Wildman–Crippen LogP) is 2.69. The maximum Gasteiger partial charge on any atom is 0.276 e. The Morgan fingerprint density at radius 2 is 2.14 bits per heavy atom. The molecule has 29 heavy (non-hydrogen) atoms. The molecule has 2 atom stereocenters. The standard InChI is InChI=1S/C19H24ClN3O4S2/c20-17-4-2-1-3-15(17)10-23-6-7-26-16(11-23)12-28-19-22-21-18(27-19)9-14-5-8-29(24,25)13-14/h1-4,14,16H,5-13H2. The topological polar surface area (TPSA) is 85.5 Å². The van der Waals surface area contributed by atoms with E-state index >= 15 is 0 Å². The van der Waals surface area contributed by atoms with E-state index in [9.17, 15) is 8.42 Å². The molecule has 2 aliphatic heterocycles. The fraction of sp³-hybridized carbons (Fsp3) is 0.579. The maximum atomic E-state index is 11.6. The third-order valence-electron chi connectivity index (χ3n) is 5.21. The number of ether oxygens (including phenoxy) is 1. The minimum absolute atomic E-state index is 0.0755. The van der Waals surface area contributed by atoms with Crippen molar-refractivity contribution < 1.29 is 17.6 Å². The molecule has 2 fully saturated rings.